The lowest BCUT2D eigenvalue weighted by Gasteiger charge is -2.10. The van der Waals surface area contributed by atoms with Crippen molar-refractivity contribution in [2.45, 2.75) is 26.9 Å². The molecule has 0 bridgehead atoms. The molecule has 0 spiro atoms. The van der Waals surface area contributed by atoms with Crippen LogP contribution in [0.5, 0.6) is 0 Å². The fourth-order valence-corrected chi connectivity index (χ4v) is 1.78. The van der Waals surface area contributed by atoms with Crippen LogP contribution in [0.2, 0.25) is 0 Å². The second kappa shape index (κ2) is 4.99. The standard InChI is InChI=1S/C13H16FN3/c1-3-17-11(7-8-16-17)9-15-13-6-4-5-12(14)10(13)2/h4-8,15H,3,9H2,1-2H3. The molecule has 1 aromatic heterocycles. The van der Waals surface area contributed by atoms with Crippen LogP contribution in [0, 0.1) is 12.7 Å². The van der Waals surface area contributed by atoms with E-state index in [9.17, 15) is 4.39 Å². The van der Waals surface area contributed by atoms with E-state index < -0.39 is 0 Å². The molecule has 0 amide bonds. The largest absolute Gasteiger partial charge is 0.379 e. The maximum atomic E-state index is 13.3. The Morgan fingerprint density at radius 3 is 2.94 bits per heavy atom. The maximum Gasteiger partial charge on any atom is 0.128 e. The van der Waals surface area contributed by atoms with Gasteiger partial charge in [-0.15, -0.1) is 0 Å². The summed E-state index contributed by atoms with van der Waals surface area (Å²) in [5.74, 6) is -0.181. The minimum absolute atomic E-state index is 0.181. The van der Waals surface area contributed by atoms with Gasteiger partial charge in [0.25, 0.3) is 0 Å². The zero-order valence-electron chi connectivity index (χ0n) is 10.1. The van der Waals surface area contributed by atoms with E-state index in [0.717, 1.165) is 17.9 Å². The number of anilines is 1. The molecule has 0 unspecified atom stereocenters. The van der Waals surface area contributed by atoms with Gasteiger partial charge in [0.05, 0.1) is 12.2 Å². The highest BCUT2D eigenvalue weighted by Gasteiger charge is 2.04. The van der Waals surface area contributed by atoms with Crippen LogP contribution in [0.15, 0.2) is 30.5 Å². The topological polar surface area (TPSA) is 29.9 Å². The first kappa shape index (κ1) is 11.6. The summed E-state index contributed by atoms with van der Waals surface area (Å²) in [6.07, 6.45) is 1.78. The SMILES string of the molecule is CCn1nccc1CNc1cccc(F)c1C. The molecule has 17 heavy (non-hydrogen) atoms. The van der Waals surface area contributed by atoms with Crippen molar-refractivity contribution in [3.63, 3.8) is 0 Å². The summed E-state index contributed by atoms with van der Waals surface area (Å²) < 4.78 is 15.3. The van der Waals surface area contributed by atoms with Gasteiger partial charge in [0.2, 0.25) is 0 Å². The average Bonchev–Trinajstić information content (AvgIpc) is 2.78. The minimum Gasteiger partial charge on any atom is -0.379 e. The molecule has 0 aliphatic heterocycles. The van der Waals surface area contributed by atoms with E-state index in [0.29, 0.717) is 12.1 Å². The number of benzene rings is 1. The minimum atomic E-state index is -0.181. The Morgan fingerprint density at radius 1 is 1.35 bits per heavy atom. The van der Waals surface area contributed by atoms with Gasteiger partial charge in [0.15, 0.2) is 0 Å². The van der Waals surface area contributed by atoms with Gasteiger partial charge < -0.3 is 5.32 Å². The number of halogens is 1. The van der Waals surface area contributed by atoms with Gasteiger partial charge >= 0.3 is 0 Å². The van der Waals surface area contributed by atoms with Crippen LogP contribution in [-0.4, -0.2) is 9.78 Å². The van der Waals surface area contributed by atoms with Crippen molar-refractivity contribution in [1.29, 1.82) is 0 Å². The molecule has 0 fully saturated rings. The smallest absolute Gasteiger partial charge is 0.128 e. The molecular weight excluding hydrogens is 217 g/mol. The van der Waals surface area contributed by atoms with E-state index in [-0.39, 0.29) is 5.82 Å². The molecule has 1 heterocycles. The monoisotopic (exact) mass is 233 g/mol. The third kappa shape index (κ3) is 2.46. The summed E-state index contributed by atoms with van der Waals surface area (Å²) in [5.41, 5.74) is 2.57. The molecule has 2 aromatic rings. The summed E-state index contributed by atoms with van der Waals surface area (Å²) in [5, 5.41) is 7.42. The van der Waals surface area contributed by atoms with E-state index in [2.05, 4.69) is 10.4 Å². The van der Waals surface area contributed by atoms with E-state index in [4.69, 9.17) is 0 Å². The lowest BCUT2D eigenvalue weighted by molar-refractivity contribution is 0.617. The van der Waals surface area contributed by atoms with Crippen LogP contribution in [0.4, 0.5) is 10.1 Å². The van der Waals surface area contributed by atoms with Crippen molar-refractivity contribution in [1.82, 2.24) is 9.78 Å². The van der Waals surface area contributed by atoms with Gasteiger partial charge in [-0.25, -0.2) is 4.39 Å². The number of rotatable bonds is 4. The van der Waals surface area contributed by atoms with Gasteiger partial charge in [0.1, 0.15) is 5.82 Å². The van der Waals surface area contributed by atoms with Crippen molar-refractivity contribution in [3.05, 3.63) is 47.5 Å². The average molecular weight is 233 g/mol. The third-order valence-electron chi connectivity index (χ3n) is 2.83. The molecule has 0 atom stereocenters. The van der Waals surface area contributed by atoms with Gasteiger partial charge in [-0.05, 0) is 32.0 Å². The van der Waals surface area contributed by atoms with Crippen molar-refractivity contribution in [3.8, 4) is 0 Å². The van der Waals surface area contributed by atoms with Crippen molar-refractivity contribution in [2.24, 2.45) is 0 Å². The first-order valence-electron chi connectivity index (χ1n) is 5.72. The lowest BCUT2D eigenvalue weighted by atomic mass is 10.2. The van der Waals surface area contributed by atoms with Crippen LogP contribution in [0.3, 0.4) is 0 Å². The fraction of sp³-hybridized carbons (Fsp3) is 0.308. The molecule has 1 N–H and O–H groups in total. The highest BCUT2D eigenvalue weighted by molar-refractivity contribution is 5.51. The molecule has 2 rings (SSSR count). The Morgan fingerprint density at radius 2 is 2.18 bits per heavy atom. The second-order valence-electron chi connectivity index (χ2n) is 3.90. The Hall–Kier alpha value is -1.84. The summed E-state index contributed by atoms with van der Waals surface area (Å²) in [4.78, 5) is 0. The predicted octanol–water partition coefficient (Wildman–Crippen LogP) is 2.96. The fourth-order valence-electron chi connectivity index (χ4n) is 1.78. The zero-order chi connectivity index (χ0) is 12.3. The molecule has 0 saturated carbocycles. The molecule has 0 radical (unpaired) electrons. The predicted molar refractivity (Wildman–Crippen MR) is 66.4 cm³/mol. The van der Waals surface area contributed by atoms with Gasteiger partial charge in [0, 0.05) is 24.0 Å². The van der Waals surface area contributed by atoms with Gasteiger partial charge in [-0.1, -0.05) is 6.07 Å². The number of aromatic nitrogens is 2. The number of nitrogens with zero attached hydrogens (tertiary/aromatic N) is 2. The van der Waals surface area contributed by atoms with E-state index in [1.807, 2.05) is 23.7 Å². The van der Waals surface area contributed by atoms with Crippen LogP contribution < -0.4 is 5.32 Å². The lowest BCUT2D eigenvalue weighted by Crippen LogP contribution is -2.08. The number of hydrogen-bond donors (Lipinski definition) is 1. The highest BCUT2D eigenvalue weighted by atomic mass is 19.1. The Bertz CT molecular complexity index is 505. The van der Waals surface area contributed by atoms with Gasteiger partial charge in [-0.3, -0.25) is 4.68 Å². The second-order valence-corrected chi connectivity index (χ2v) is 3.90. The summed E-state index contributed by atoms with van der Waals surface area (Å²) in [6.45, 7) is 5.31. The van der Waals surface area contributed by atoms with Crippen molar-refractivity contribution < 1.29 is 4.39 Å². The highest BCUT2D eigenvalue weighted by Crippen LogP contribution is 2.18. The van der Waals surface area contributed by atoms with E-state index >= 15 is 0 Å². The molecule has 0 aliphatic carbocycles. The third-order valence-corrected chi connectivity index (χ3v) is 2.83. The van der Waals surface area contributed by atoms with E-state index in [1.54, 1.807) is 19.2 Å². The first-order chi connectivity index (χ1) is 8.22. The molecule has 1 aromatic carbocycles. The molecule has 0 saturated heterocycles. The molecule has 3 nitrogen and oxygen atoms in total. The molecular formula is C13H16FN3. The summed E-state index contributed by atoms with van der Waals surface area (Å²) in [6, 6.07) is 7.02. The van der Waals surface area contributed by atoms with Crippen LogP contribution in [-0.2, 0) is 13.1 Å². The first-order valence-corrected chi connectivity index (χ1v) is 5.72. The molecule has 0 aliphatic rings. The van der Waals surface area contributed by atoms with Crippen LogP contribution in [0.1, 0.15) is 18.2 Å². The number of nitrogens with one attached hydrogen (secondary N) is 1. The van der Waals surface area contributed by atoms with Crippen molar-refractivity contribution >= 4 is 5.69 Å². The number of hydrogen-bond acceptors (Lipinski definition) is 2. The van der Waals surface area contributed by atoms with Crippen LogP contribution >= 0.6 is 0 Å². The summed E-state index contributed by atoms with van der Waals surface area (Å²) in [7, 11) is 0. The van der Waals surface area contributed by atoms with E-state index in [1.165, 1.54) is 6.07 Å². The van der Waals surface area contributed by atoms with Crippen LogP contribution in [0.25, 0.3) is 0 Å². The quantitative estimate of drug-likeness (QED) is 0.879. The maximum absolute atomic E-state index is 13.3. The normalized spacial score (nSPS) is 10.5. The van der Waals surface area contributed by atoms with Gasteiger partial charge in [-0.2, -0.15) is 5.10 Å². The Balaban J connectivity index is 2.10. The zero-order valence-corrected chi connectivity index (χ0v) is 10.1. The number of aryl methyl sites for hydroxylation is 1. The molecule has 4 heteroatoms. The Labute approximate surface area is 100 Å². The molecule has 90 valence electrons. The Kier molecular flexibility index (Phi) is 3.42. The summed E-state index contributed by atoms with van der Waals surface area (Å²) >= 11 is 0. The van der Waals surface area contributed by atoms with Crippen molar-refractivity contribution in [2.75, 3.05) is 5.32 Å².